The van der Waals surface area contributed by atoms with Crippen LogP contribution in [0.15, 0.2) is 54.8 Å². The number of benzene rings is 2. The second-order valence-corrected chi connectivity index (χ2v) is 7.04. The molecular formula is C13H6F5NOS5. The fourth-order valence-electron chi connectivity index (χ4n) is 1.89. The summed E-state index contributed by atoms with van der Waals surface area (Å²) in [5, 5.41) is 2.25. The van der Waals surface area contributed by atoms with E-state index in [0.717, 1.165) is 0 Å². The van der Waals surface area contributed by atoms with Crippen molar-refractivity contribution in [1.82, 2.24) is 0 Å². The maximum Gasteiger partial charge on any atom is 0.255 e. The van der Waals surface area contributed by atoms with Gasteiger partial charge >= 0.3 is 0 Å². The quantitative estimate of drug-likeness (QED) is 0.435. The van der Waals surface area contributed by atoms with E-state index in [4.69, 9.17) is 0 Å². The van der Waals surface area contributed by atoms with Crippen LogP contribution in [0.3, 0.4) is 0 Å². The highest BCUT2D eigenvalue weighted by molar-refractivity contribution is 8.00. The predicted octanol–water partition coefficient (Wildman–Crippen LogP) is 7.82. The Balaban J connectivity index is 2.64. The van der Waals surface area contributed by atoms with E-state index in [0.29, 0.717) is 0 Å². The maximum atomic E-state index is 13.4. The van der Waals surface area contributed by atoms with Crippen molar-refractivity contribution in [2.24, 2.45) is 0 Å². The summed E-state index contributed by atoms with van der Waals surface area (Å²) in [7, 11) is 0. The smallest absolute Gasteiger partial charge is 0.255 e. The second-order valence-electron chi connectivity index (χ2n) is 4.23. The Morgan fingerprint density at radius 3 is 1.48 bits per heavy atom. The third-order valence-corrected chi connectivity index (χ3v) is 6.27. The van der Waals surface area contributed by atoms with Crippen LogP contribution in [0.25, 0.3) is 0 Å². The highest BCUT2D eigenvalue weighted by atomic mass is 32.2. The summed E-state index contributed by atoms with van der Waals surface area (Å²) in [5.74, 6) is -0.739. The standard InChI is InChI=1S/C13H6F5NOS5/c14-21-8-7(19-13(20)6-4-2-1-3-5-6)9(22-15)11(24-17)12(25-18)10(8)23-16/h1-5H,(H,19,20). The molecule has 0 aliphatic carbocycles. The number of hydrogen-bond acceptors (Lipinski definition) is 6. The monoisotopic (exact) mass is 447 g/mol. The first-order valence-corrected chi connectivity index (χ1v) is 9.74. The zero-order chi connectivity index (χ0) is 18.4. The molecule has 0 saturated heterocycles. The molecule has 0 atom stereocenters. The van der Waals surface area contributed by atoms with E-state index in [9.17, 15) is 24.2 Å². The number of hydrogen-bond donors (Lipinski definition) is 1. The van der Waals surface area contributed by atoms with E-state index in [-0.39, 0.29) is 5.56 Å². The van der Waals surface area contributed by atoms with Crippen molar-refractivity contribution in [3.05, 3.63) is 35.9 Å². The van der Waals surface area contributed by atoms with Gasteiger partial charge in [0, 0.05) is 5.56 Å². The molecular weight excluding hydrogens is 441 g/mol. The molecule has 1 amide bonds. The van der Waals surface area contributed by atoms with Crippen LogP contribution in [-0.4, -0.2) is 5.91 Å². The van der Waals surface area contributed by atoms with E-state index in [1.54, 1.807) is 18.2 Å². The van der Waals surface area contributed by atoms with Crippen LogP contribution < -0.4 is 5.32 Å². The lowest BCUT2D eigenvalue weighted by atomic mass is 10.2. The summed E-state index contributed by atoms with van der Waals surface area (Å²) < 4.78 is 66.3. The van der Waals surface area contributed by atoms with Gasteiger partial charge in [-0.25, -0.2) is 0 Å². The number of carbonyl (C=O) groups is 1. The third-order valence-electron chi connectivity index (χ3n) is 2.94. The molecule has 25 heavy (non-hydrogen) atoms. The highest BCUT2D eigenvalue weighted by Gasteiger charge is 2.29. The van der Waals surface area contributed by atoms with Gasteiger partial charge in [0.1, 0.15) is 0 Å². The highest BCUT2D eigenvalue weighted by Crippen LogP contribution is 2.54. The van der Waals surface area contributed by atoms with Gasteiger partial charge in [-0.3, -0.25) is 4.79 Å². The van der Waals surface area contributed by atoms with Crippen LogP contribution in [0.2, 0.25) is 0 Å². The topological polar surface area (TPSA) is 29.1 Å². The minimum Gasteiger partial charge on any atom is -0.320 e. The van der Waals surface area contributed by atoms with Crippen molar-refractivity contribution in [2.45, 2.75) is 24.5 Å². The summed E-state index contributed by atoms with van der Waals surface area (Å²) in [6.07, 6.45) is 0. The maximum absolute atomic E-state index is 13.4. The first-order valence-electron chi connectivity index (χ1n) is 6.16. The molecule has 2 rings (SSSR count). The zero-order valence-electron chi connectivity index (χ0n) is 11.7. The number of carbonyl (C=O) groups excluding carboxylic acids is 1. The van der Waals surface area contributed by atoms with E-state index < -0.39 is 96.8 Å². The van der Waals surface area contributed by atoms with Crippen molar-refractivity contribution >= 4 is 72.3 Å². The molecule has 1 N–H and O–H groups in total. The van der Waals surface area contributed by atoms with Crippen LogP contribution in [0, 0.1) is 0 Å². The van der Waals surface area contributed by atoms with Gasteiger partial charge in [-0.1, -0.05) is 18.2 Å². The fourth-order valence-corrected chi connectivity index (χ4v) is 4.74. The van der Waals surface area contributed by atoms with E-state index >= 15 is 0 Å². The Kier molecular flexibility index (Phi) is 8.13. The zero-order valence-corrected chi connectivity index (χ0v) is 15.8. The molecule has 0 bridgehead atoms. The van der Waals surface area contributed by atoms with Crippen LogP contribution in [0.1, 0.15) is 10.4 Å². The van der Waals surface area contributed by atoms with Crippen LogP contribution in [0.4, 0.5) is 25.1 Å². The minimum atomic E-state index is -0.739. The van der Waals surface area contributed by atoms with Crippen LogP contribution >= 0.6 is 60.7 Å². The van der Waals surface area contributed by atoms with Crippen molar-refractivity contribution in [3.8, 4) is 0 Å². The predicted molar refractivity (Wildman–Crippen MR) is 95.7 cm³/mol. The van der Waals surface area contributed by atoms with Crippen LogP contribution in [0.5, 0.6) is 0 Å². The Hall–Kier alpha value is -0.690. The summed E-state index contributed by atoms with van der Waals surface area (Å²) in [6, 6.07) is 7.69. The second kappa shape index (κ2) is 9.86. The van der Waals surface area contributed by atoms with Gasteiger partial charge in [-0.05, 0) is 12.1 Å². The average molecular weight is 448 g/mol. The molecule has 2 nitrogen and oxygen atoms in total. The van der Waals surface area contributed by atoms with Crippen molar-refractivity contribution < 1.29 is 24.2 Å². The molecule has 0 unspecified atom stereocenters. The third kappa shape index (κ3) is 4.35. The van der Waals surface area contributed by atoms with Gasteiger partial charge in [0.25, 0.3) is 5.91 Å². The summed E-state index contributed by atoms with van der Waals surface area (Å²) in [6.45, 7) is 0. The Morgan fingerprint density at radius 1 is 0.680 bits per heavy atom. The van der Waals surface area contributed by atoms with E-state index in [1.807, 2.05) is 0 Å². The van der Waals surface area contributed by atoms with Gasteiger partial charge in [0.2, 0.25) is 0 Å². The minimum absolute atomic E-state index is 0.167. The number of amides is 1. The molecule has 0 spiro atoms. The molecule has 0 aromatic heterocycles. The molecule has 2 aromatic rings. The number of halogens is 5. The molecule has 134 valence electrons. The molecule has 0 aliphatic heterocycles. The SMILES string of the molecule is O=C(Nc1c(SF)c(SF)c(SF)c(SF)c1SF)c1ccccc1. The van der Waals surface area contributed by atoms with Crippen molar-refractivity contribution in [3.63, 3.8) is 0 Å². The molecule has 0 aliphatic rings. The van der Waals surface area contributed by atoms with Gasteiger partial charge < -0.3 is 5.32 Å². The molecule has 2 aromatic carbocycles. The summed E-state index contributed by atoms with van der Waals surface area (Å²) >= 11 is -2.61. The molecule has 0 fully saturated rings. The van der Waals surface area contributed by atoms with Gasteiger partial charge in [-0.15, -0.1) is 0 Å². The lowest BCUT2D eigenvalue weighted by Gasteiger charge is -2.18. The van der Waals surface area contributed by atoms with E-state index in [2.05, 4.69) is 5.32 Å². The van der Waals surface area contributed by atoms with Gasteiger partial charge in [-0.2, -0.15) is 19.4 Å². The summed E-state index contributed by atoms with van der Waals surface area (Å²) in [5.41, 5.74) is -0.299. The number of anilines is 1. The fraction of sp³-hybridized carbons (Fsp3) is 0. The molecule has 12 heteroatoms. The van der Waals surface area contributed by atoms with Crippen LogP contribution in [-0.2, 0) is 0 Å². The van der Waals surface area contributed by atoms with Gasteiger partial charge in [0.15, 0.2) is 0 Å². The molecule has 0 heterocycles. The normalized spacial score (nSPS) is 10.8. The Morgan fingerprint density at radius 2 is 1.08 bits per heavy atom. The lowest BCUT2D eigenvalue weighted by Crippen LogP contribution is -2.14. The summed E-state index contributed by atoms with van der Waals surface area (Å²) in [4.78, 5) is 9.39. The van der Waals surface area contributed by atoms with Crippen molar-refractivity contribution in [1.29, 1.82) is 0 Å². The average Bonchev–Trinajstić information content (AvgIpc) is 2.66. The Labute approximate surface area is 161 Å². The number of rotatable bonds is 7. The first kappa shape index (κ1) is 20.6. The molecule has 0 saturated carbocycles. The molecule has 0 radical (unpaired) electrons. The van der Waals surface area contributed by atoms with Crippen molar-refractivity contribution in [2.75, 3.05) is 5.32 Å². The number of nitrogens with one attached hydrogen (secondary N) is 1. The lowest BCUT2D eigenvalue weighted by molar-refractivity contribution is 0.102. The Bertz CT molecular complexity index is 731. The van der Waals surface area contributed by atoms with Gasteiger partial charge in [0.05, 0.1) is 90.9 Å². The first-order chi connectivity index (χ1) is 12.1. The largest absolute Gasteiger partial charge is 0.320 e. The van der Waals surface area contributed by atoms with E-state index in [1.165, 1.54) is 12.1 Å².